The van der Waals surface area contributed by atoms with Gasteiger partial charge in [0.15, 0.2) is 0 Å². The van der Waals surface area contributed by atoms with Gasteiger partial charge in [-0.3, -0.25) is 11.3 Å². The Kier molecular flexibility index (Phi) is 5.10. The van der Waals surface area contributed by atoms with Gasteiger partial charge < -0.3 is 0 Å². The van der Waals surface area contributed by atoms with E-state index in [-0.39, 0.29) is 11.9 Å². The largest absolute Gasteiger partial charge is 0.271 e. The van der Waals surface area contributed by atoms with Crippen LogP contribution in [-0.2, 0) is 6.42 Å². The molecule has 0 spiro atoms. The summed E-state index contributed by atoms with van der Waals surface area (Å²) in [4.78, 5) is 0. The van der Waals surface area contributed by atoms with Gasteiger partial charge in [0.05, 0.1) is 10.5 Å². The minimum absolute atomic E-state index is 0.0735. The molecule has 0 aliphatic heterocycles. The van der Waals surface area contributed by atoms with E-state index < -0.39 is 0 Å². The molecule has 0 heterocycles. The van der Waals surface area contributed by atoms with Crippen LogP contribution in [0.15, 0.2) is 51.4 Å². The highest BCUT2D eigenvalue weighted by molar-refractivity contribution is 9.10. The van der Waals surface area contributed by atoms with Crippen LogP contribution >= 0.6 is 31.9 Å². The molecule has 100 valence electrons. The minimum atomic E-state index is -0.277. The first-order valence-electron chi connectivity index (χ1n) is 5.76. The molecule has 2 rings (SSSR count). The Morgan fingerprint density at radius 1 is 1.11 bits per heavy atom. The van der Waals surface area contributed by atoms with Crippen molar-refractivity contribution in [3.05, 3.63) is 68.4 Å². The predicted octanol–water partition coefficient (Wildman–Crippen LogP) is 4.10. The van der Waals surface area contributed by atoms with E-state index in [1.807, 2.05) is 24.3 Å². The SMILES string of the molecule is NNC(Cc1ccccc1Br)c1ccc(F)c(Br)c1. The topological polar surface area (TPSA) is 38.0 Å². The summed E-state index contributed by atoms with van der Waals surface area (Å²) in [6, 6.07) is 12.8. The third-order valence-electron chi connectivity index (χ3n) is 2.93. The standard InChI is InChI=1S/C14H13Br2FN2/c15-11-4-2-1-3-9(11)8-14(19-18)10-5-6-13(17)12(16)7-10/h1-7,14,19H,8,18H2. The normalized spacial score (nSPS) is 12.4. The molecule has 0 saturated heterocycles. The maximum Gasteiger partial charge on any atom is 0.137 e. The highest BCUT2D eigenvalue weighted by Gasteiger charge is 2.13. The summed E-state index contributed by atoms with van der Waals surface area (Å²) < 4.78 is 14.7. The second kappa shape index (κ2) is 6.61. The molecule has 2 aromatic rings. The van der Waals surface area contributed by atoms with Gasteiger partial charge in [-0.2, -0.15) is 0 Å². The Balaban J connectivity index is 2.25. The molecule has 0 radical (unpaired) electrons. The van der Waals surface area contributed by atoms with E-state index >= 15 is 0 Å². The van der Waals surface area contributed by atoms with Gasteiger partial charge in [-0.1, -0.05) is 40.2 Å². The maximum absolute atomic E-state index is 13.3. The number of nitrogens with one attached hydrogen (secondary N) is 1. The summed E-state index contributed by atoms with van der Waals surface area (Å²) in [6.45, 7) is 0. The molecule has 3 N–H and O–H groups in total. The molecule has 0 aliphatic rings. The van der Waals surface area contributed by atoms with Crippen LogP contribution < -0.4 is 11.3 Å². The molecule has 0 aromatic heterocycles. The van der Waals surface area contributed by atoms with Crippen molar-refractivity contribution in [3.63, 3.8) is 0 Å². The van der Waals surface area contributed by atoms with Crippen molar-refractivity contribution >= 4 is 31.9 Å². The fourth-order valence-corrected chi connectivity index (χ4v) is 2.73. The fourth-order valence-electron chi connectivity index (χ4n) is 1.89. The van der Waals surface area contributed by atoms with E-state index in [9.17, 15) is 4.39 Å². The summed E-state index contributed by atoms with van der Waals surface area (Å²) in [5, 5.41) is 0. The van der Waals surface area contributed by atoms with E-state index in [1.54, 1.807) is 12.1 Å². The number of rotatable bonds is 4. The predicted molar refractivity (Wildman–Crippen MR) is 82.0 cm³/mol. The van der Waals surface area contributed by atoms with Crippen molar-refractivity contribution in [3.8, 4) is 0 Å². The van der Waals surface area contributed by atoms with Gasteiger partial charge in [0.1, 0.15) is 5.82 Å². The van der Waals surface area contributed by atoms with Gasteiger partial charge in [0, 0.05) is 4.47 Å². The van der Waals surface area contributed by atoms with E-state index in [1.165, 1.54) is 6.07 Å². The van der Waals surface area contributed by atoms with Crippen LogP contribution in [0.1, 0.15) is 17.2 Å². The zero-order chi connectivity index (χ0) is 13.8. The number of hydrogen-bond donors (Lipinski definition) is 2. The smallest absolute Gasteiger partial charge is 0.137 e. The Morgan fingerprint density at radius 3 is 2.47 bits per heavy atom. The zero-order valence-corrected chi connectivity index (χ0v) is 13.2. The third kappa shape index (κ3) is 3.63. The van der Waals surface area contributed by atoms with Gasteiger partial charge >= 0.3 is 0 Å². The molecule has 0 bridgehead atoms. The molecule has 19 heavy (non-hydrogen) atoms. The summed E-state index contributed by atoms with van der Waals surface area (Å²) in [7, 11) is 0. The molecular formula is C14H13Br2FN2. The molecule has 2 aromatic carbocycles. The molecule has 0 aliphatic carbocycles. The van der Waals surface area contributed by atoms with E-state index in [0.717, 1.165) is 22.0 Å². The van der Waals surface area contributed by atoms with Crippen LogP contribution in [0.2, 0.25) is 0 Å². The number of halogens is 3. The zero-order valence-electron chi connectivity index (χ0n) is 10.0. The van der Waals surface area contributed by atoms with Crippen molar-refractivity contribution in [2.24, 2.45) is 5.84 Å². The Hall–Kier alpha value is -0.750. The summed E-state index contributed by atoms with van der Waals surface area (Å²) in [5.41, 5.74) is 4.86. The average Bonchev–Trinajstić information content (AvgIpc) is 2.41. The first-order chi connectivity index (χ1) is 9.11. The van der Waals surface area contributed by atoms with Crippen LogP contribution in [-0.4, -0.2) is 0 Å². The first-order valence-corrected chi connectivity index (χ1v) is 7.35. The molecule has 0 fully saturated rings. The van der Waals surface area contributed by atoms with Gasteiger partial charge in [-0.25, -0.2) is 4.39 Å². The van der Waals surface area contributed by atoms with E-state index in [2.05, 4.69) is 37.3 Å². The molecular weight excluding hydrogens is 375 g/mol. The van der Waals surface area contributed by atoms with E-state index in [0.29, 0.717) is 4.47 Å². The molecule has 1 unspecified atom stereocenters. The lowest BCUT2D eigenvalue weighted by Gasteiger charge is -2.17. The molecule has 1 atom stereocenters. The lowest BCUT2D eigenvalue weighted by Crippen LogP contribution is -2.29. The Morgan fingerprint density at radius 2 is 1.84 bits per heavy atom. The Bertz CT molecular complexity index is 575. The summed E-state index contributed by atoms with van der Waals surface area (Å²) >= 11 is 6.71. The second-order valence-electron chi connectivity index (χ2n) is 4.19. The van der Waals surface area contributed by atoms with Crippen LogP contribution in [0.4, 0.5) is 4.39 Å². The lowest BCUT2D eigenvalue weighted by atomic mass is 9.99. The highest BCUT2D eigenvalue weighted by atomic mass is 79.9. The third-order valence-corrected chi connectivity index (χ3v) is 4.31. The van der Waals surface area contributed by atoms with Crippen molar-refractivity contribution < 1.29 is 4.39 Å². The first kappa shape index (κ1) is 14.7. The van der Waals surface area contributed by atoms with Crippen LogP contribution in [0.5, 0.6) is 0 Å². The Labute approximate surface area is 128 Å². The number of nitrogens with two attached hydrogens (primary N) is 1. The van der Waals surface area contributed by atoms with Gasteiger partial charge in [0.25, 0.3) is 0 Å². The summed E-state index contributed by atoms with van der Waals surface area (Å²) in [6.07, 6.45) is 0.718. The molecule has 2 nitrogen and oxygen atoms in total. The quantitative estimate of drug-likeness (QED) is 0.612. The van der Waals surface area contributed by atoms with Crippen LogP contribution in [0, 0.1) is 5.82 Å². The van der Waals surface area contributed by atoms with Gasteiger partial charge in [-0.15, -0.1) is 0 Å². The number of benzene rings is 2. The van der Waals surface area contributed by atoms with Crippen molar-refractivity contribution in [1.29, 1.82) is 0 Å². The number of hydrogen-bond acceptors (Lipinski definition) is 2. The maximum atomic E-state index is 13.3. The summed E-state index contributed by atoms with van der Waals surface area (Å²) in [5.74, 6) is 5.34. The van der Waals surface area contributed by atoms with Gasteiger partial charge in [0.2, 0.25) is 0 Å². The van der Waals surface area contributed by atoms with Crippen molar-refractivity contribution in [2.75, 3.05) is 0 Å². The van der Waals surface area contributed by atoms with E-state index in [4.69, 9.17) is 5.84 Å². The van der Waals surface area contributed by atoms with Crippen LogP contribution in [0.3, 0.4) is 0 Å². The lowest BCUT2D eigenvalue weighted by molar-refractivity contribution is 0.547. The average molecular weight is 388 g/mol. The van der Waals surface area contributed by atoms with Crippen LogP contribution in [0.25, 0.3) is 0 Å². The molecule has 5 heteroatoms. The highest BCUT2D eigenvalue weighted by Crippen LogP contribution is 2.26. The monoisotopic (exact) mass is 386 g/mol. The fraction of sp³-hybridized carbons (Fsp3) is 0.143. The molecule has 0 amide bonds. The van der Waals surface area contributed by atoms with Crippen molar-refractivity contribution in [1.82, 2.24) is 5.43 Å². The minimum Gasteiger partial charge on any atom is -0.271 e. The van der Waals surface area contributed by atoms with Gasteiger partial charge in [-0.05, 0) is 51.7 Å². The van der Waals surface area contributed by atoms with Crippen molar-refractivity contribution in [2.45, 2.75) is 12.5 Å². The second-order valence-corrected chi connectivity index (χ2v) is 5.90. The molecule has 0 saturated carbocycles. The number of hydrazine groups is 1.